The standard InChI is InChI=1S/C25H18IOS/c26-19-14-12-18(13-15-19)17-27-20-6-5-7-21(16-20)28-24-10-3-1-8-22(24)23-9-2-4-11-25(23)28/h1-16H,17H2/q+1. The van der Waals surface area contributed by atoms with Crippen molar-refractivity contribution in [2.75, 3.05) is 0 Å². The van der Waals surface area contributed by atoms with Crippen LogP contribution in [-0.2, 0) is 6.61 Å². The van der Waals surface area contributed by atoms with Crippen LogP contribution in [0.3, 0.4) is 0 Å². The van der Waals surface area contributed by atoms with E-state index in [1.807, 2.05) is 6.07 Å². The van der Waals surface area contributed by atoms with Gasteiger partial charge >= 0.3 is 0 Å². The zero-order chi connectivity index (χ0) is 18.9. The molecule has 136 valence electrons. The SMILES string of the molecule is Ic1ccc(COc2cccc(-[s+]3c4ccccc4c4ccccc43)c2)cc1. The predicted octanol–water partition coefficient (Wildman–Crippen LogP) is 7.91. The van der Waals surface area contributed by atoms with Gasteiger partial charge in [-0.3, -0.25) is 0 Å². The van der Waals surface area contributed by atoms with Crippen molar-refractivity contribution in [2.24, 2.45) is 0 Å². The van der Waals surface area contributed by atoms with Gasteiger partial charge in [-0.15, -0.1) is 0 Å². The minimum Gasteiger partial charge on any atom is -0.489 e. The number of rotatable bonds is 4. The summed E-state index contributed by atoms with van der Waals surface area (Å²) in [5.41, 5.74) is 1.19. The van der Waals surface area contributed by atoms with Gasteiger partial charge in [-0.25, -0.2) is 0 Å². The molecule has 0 saturated heterocycles. The summed E-state index contributed by atoms with van der Waals surface area (Å²) >= 11 is 2.32. The molecule has 0 saturated carbocycles. The third-order valence-electron chi connectivity index (χ3n) is 4.86. The molecule has 4 aromatic carbocycles. The molecule has 0 N–H and O–H groups in total. The number of fused-ring (bicyclic) bond motifs is 3. The molecule has 3 heteroatoms. The molecule has 1 nitrogen and oxygen atoms in total. The number of hydrogen-bond donors (Lipinski definition) is 0. The summed E-state index contributed by atoms with van der Waals surface area (Å²) < 4.78 is 10.2. The van der Waals surface area contributed by atoms with E-state index in [4.69, 9.17) is 4.74 Å². The van der Waals surface area contributed by atoms with Crippen molar-refractivity contribution in [3.8, 4) is 10.6 Å². The van der Waals surface area contributed by atoms with Gasteiger partial charge < -0.3 is 4.74 Å². The molecular weight excluding hydrogens is 475 g/mol. The Morgan fingerprint density at radius 2 is 1.32 bits per heavy atom. The van der Waals surface area contributed by atoms with Crippen LogP contribution in [0.25, 0.3) is 25.1 Å². The lowest BCUT2D eigenvalue weighted by Crippen LogP contribution is -1.95. The molecule has 0 bridgehead atoms. The largest absolute Gasteiger partial charge is 0.489 e. The molecule has 0 amide bonds. The maximum absolute atomic E-state index is 6.11. The Kier molecular flexibility index (Phi) is 4.79. The molecule has 5 aromatic rings. The molecule has 0 unspecified atom stereocenters. The number of halogens is 1. The molecule has 1 aromatic heterocycles. The van der Waals surface area contributed by atoms with Crippen LogP contribution < -0.4 is 4.74 Å². The van der Waals surface area contributed by atoms with Crippen LogP contribution in [-0.4, -0.2) is 0 Å². The molecule has 5 rings (SSSR count). The van der Waals surface area contributed by atoms with Crippen molar-refractivity contribution in [2.45, 2.75) is 6.61 Å². The van der Waals surface area contributed by atoms with Crippen molar-refractivity contribution in [1.29, 1.82) is 0 Å². The number of thiophene rings is 1. The van der Waals surface area contributed by atoms with Crippen LogP contribution in [0, 0.1) is 3.57 Å². The number of benzene rings is 4. The minimum atomic E-state index is -0.0830. The van der Waals surface area contributed by atoms with Gasteiger partial charge in [0.15, 0.2) is 14.3 Å². The molecule has 0 radical (unpaired) electrons. The molecule has 0 aliphatic heterocycles. The van der Waals surface area contributed by atoms with E-state index in [1.54, 1.807) is 0 Å². The Balaban J connectivity index is 1.55. The summed E-state index contributed by atoms with van der Waals surface area (Å²) in [6, 6.07) is 34.6. The highest BCUT2D eigenvalue weighted by atomic mass is 127. The summed E-state index contributed by atoms with van der Waals surface area (Å²) in [6.07, 6.45) is 0. The smallest absolute Gasteiger partial charge is 0.187 e. The first-order valence-electron chi connectivity index (χ1n) is 9.20. The highest BCUT2D eigenvalue weighted by Gasteiger charge is 2.23. The number of ether oxygens (including phenoxy) is 1. The summed E-state index contributed by atoms with van der Waals surface area (Å²) in [6.45, 7) is 0.585. The highest BCUT2D eigenvalue weighted by molar-refractivity contribution is 14.1. The Bertz CT molecular complexity index is 1220. The monoisotopic (exact) mass is 493 g/mol. The van der Waals surface area contributed by atoms with Crippen molar-refractivity contribution in [1.82, 2.24) is 0 Å². The van der Waals surface area contributed by atoms with Gasteiger partial charge in [0, 0.05) is 30.9 Å². The van der Waals surface area contributed by atoms with Crippen molar-refractivity contribution >= 4 is 53.2 Å². The third kappa shape index (κ3) is 3.29. The van der Waals surface area contributed by atoms with E-state index in [9.17, 15) is 0 Å². The van der Waals surface area contributed by atoms with Gasteiger partial charge in [-0.2, -0.15) is 0 Å². The number of hydrogen-bond acceptors (Lipinski definition) is 1. The molecule has 0 spiro atoms. The maximum atomic E-state index is 6.11. The summed E-state index contributed by atoms with van der Waals surface area (Å²) in [4.78, 5) is 1.30. The zero-order valence-electron chi connectivity index (χ0n) is 15.1. The Hall–Kier alpha value is -2.37. The molecule has 28 heavy (non-hydrogen) atoms. The van der Waals surface area contributed by atoms with E-state index in [0.717, 1.165) is 5.75 Å². The lowest BCUT2D eigenvalue weighted by atomic mass is 10.2. The van der Waals surface area contributed by atoms with Crippen molar-refractivity contribution in [3.63, 3.8) is 0 Å². The van der Waals surface area contributed by atoms with E-state index >= 15 is 0 Å². The quantitative estimate of drug-likeness (QED) is 0.183. The van der Waals surface area contributed by atoms with E-state index in [1.165, 1.54) is 34.2 Å². The topological polar surface area (TPSA) is 9.23 Å². The predicted molar refractivity (Wildman–Crippen MR) is 129 cm³/mol. The summed E-state index contributed by atoms with van der Waals surface area (Å²) in [7, 11) is -0.0830. The molecule has 0 fully saturated rings. The molecule has 1 heterocycles. The van der Waals surface area contributed by atoms with E-state index in [0.29, 0.717) is 6.61 Å². The first-order valence-corrected chi connectivity index (χ1v) is 11.5. The third-order valence-corrected chi connectivity index (χ3v) is 7.90. The Morgan fingerprint density at radius 3 is 2.00 bits per heavy atom. The van der Waals surface area contributed by atoms with E-state index in [2.05, 4.69) is 114 Å². The van der Waals surface area contributed by atoms with Gasteiger partial charge in [0.25, 0.3) is 0 Å². The van der Waals surface area contributed by atoms with Crippen LogP contribution in [0.15, 0.2) is 97.1 Å². The fourth-order valence-corrected chi connectivity index (χ4v) is 6.32. The molecule has 0 atom stereocenters. The molecule has 0 aliphatic rings. The Labute approximate surface area is 180 Å². The Morgan fingerprint density at radius 1 is 0.679 bits per heavy atom. The second kappa shape index (κ2) is 7.57. The van der Waals surface area contributed by atoms with Crippen LogP contribution in [0.1, 0.15) is 5.56 Å². The van der Waals surface area contributed by atoms with E-state index < -0.39 is 0 Å². The minimum absolute atomic E-state index is 0.0830. The van der Waals surface area contributed by atoms with Gasteiger partial charge in [0.2, 0.25) is 0 Å². The maximum Gasteiger partial charge on any atom is 0.187 e. The first kappa shape index (κ1) is 17.7. The van der Waals surface area contributed by atoms with Crippen LogP contribution >= 0.6 is 33.1 Å². The molecule has 0 aliphatic carbocycles. The fraction of sp³-hybridized carbons (Fsp3) is 0.0400. The van der Waals surface area contributed by atoms with Gasteiger partial charge in [0.1, 0.15) is 12.4 Å². The first-order chi connectivity index (χ1) is 13.8. The van der Waals surface area contributed by atoms with E-state index in [-0.39, 0.29) is 10.5 Å². The summed E-state index contributed by atoms with van der Waals surface area (Å²) in [5, 5.41) is 2.71. The van der Waals surface area contributed by atoms with Gasteiger partial charge in [-0.05, 0) is 76.7 Å². The fourth-order valence-electron chi connectivity index (χ4n) is 3.54. The second-order valence-electron chi connectivity index (χ2n) is 6.69. The van der Waals surface area contributed by atoms with Gasteiger partial charge in [0.05, 0.1) is 0 Å². The zero-order valence-corrected chi connectivity index (χ0v) is 18.1. The average Bonchev–Trinajstić information content (AvgIpc) is 3.08. The van der Waals surface area contributed by atoms with Crippen LogP contribution in [0.2, 0.25) is 0 Å². The molecular formula is C25H18IOS+. The van der Waals surface area contributed by atoms with Crippen molar-refractivity contribution in [3.05, 3.63) is 106 Å². The van der Waals surface area contributed by atoms with Crippen LogP contribution in [0.5, 0.6) is 5.75 Å². The summed E-state index contributed by atoms with van der Waals surface area (Å²) in [5.74, 6) is 0.922. The lowest BCUT2D eigenvalue weighted by Gasteiger charge is -2.06. The van der Waals surface area contributed by atoms with Crippen LogP contribution in [0.4, 0.5) is 0 Å². The van der Waals surface area contributed by atoms with Gasteiger partial charge in [-0.1, -0.05) is 42.5 Å². The second-order valence-corrected chi connectivity index (χ2v) is 9.90. The normalized spacial score (nSPS) is 11.2. The lowest BCUT2D eigenvalue weighted by molar-refractivity contribution is 0.306. The van der Waals surface area contributed by atoms with Crippen molar-refractivity contribution < 1.29 is 4.74 Å². The average molecular weight is 493 g/mol. The highest BCUT2D eigenvalue weighted by Crippen LogP contribution is 2.48.